The van der Waals surface area contributed by atoms with Crippen LogP contribution in [-0.4, -0.2) is 36.0 Å². The predicted octanol–water partition coefficient (Wildman–Crippen LogP) is 2.22. The molecule has 0 aromatic heterocycles. The highest BCUT2D eigenvalue weighted by Gasteiger charge is 2.33. The molecule has 3 nitrogen and oxygen atoms in total. The zero-order valence-corrected chi connectivity index (χ0v) is 11.9. The van der Waals surface area contributed by atoms with Crippen LogP contribution in [0.5, 0.6) is 0 Å². The number of carbonyl (C=O) groups excluding carboxylic acids is 1. The number of nitrogens with one attached hydrogen (secondary N) is 1. The Hall–Kier alpha value is -1.35. The number of likely N-dealkylation sites (tertiary alicyclic amines) is 1. The summed E-state index contributed by atoms with van der Waals surface area (Å²) in [5, 5.41) is 3.26. The number of nitrogens with zero attached hydrogens (tertiary/aromatic N) is 1. The summed E-state index contributed by atoms with van der Waals surface area (Å²) in [5.74, 6) is 0.280. The molecule has 2 rings (SSSR count). The lowest BCUT2D eigenvalue weighted by Gasteiger charge is -2.25. The van der Waals surface area contributed by atoms with Crippen LogP contribution in [0.1, 0.15) is 32.3 Å². The van der Waals surface area contributed by atoms with Gasteiger partial charge in [0.15, 0.2) is 0 Å². The number of carbonyl (C=O) groups is 1. The Labute approximate surface area is 116 Å². The third-order valence-corrected chi connectivity index (χ3v) is 3.92. The van der Waals surface area contributed by atoms with Gasteiger partial charge >= 0.3 is 0 Å². The van der Waals surface area contributed by atoms with Crippen molar-refractivity contribution in [1.82, 2.24) is 10.2 Å². The molecular weight excluding hydrogens is 236 g/mol. The van der Waals surface area contributed by atoms with E-state index in [1.807, 2.05) is 11.0 Å². The minimum absolute atomic E-state index is 0.0455. The van der Waals surface area contributed by atoms with Gasteiger partial charge in [0.05, 0.1) is 6.04 Å². The first kappa shape index (κ1) is 14.1. The van der Waals surface area contributed by atoms with Crippen LogP contribution in [0.25, 0.3) is 0 Å². The summed E-state index contributed by atoms with van der Waals surface area (Å²) in [4.78, 5) is 14.2. The molecule has 0 bridgehead atoms. The molecule has 1 amide bonds. The SMILES string of the molecule is CCNC1CCN(C(C)CCc2ccccc2)C1=O. The minimum atomic E-state index is 0.0455. The molecule has 1 aromatic rings. The monoisotopic (exact) mass is 260 g/mol. The normalized spacial score (nSPS) is 20.8. The fraction of sp³-hybridized carbons (Fsp3) is 0.562. The van der Waals surface area contributed by atoms with Crippen molar-refractivity contribution in [3.8, 4) is 0 Å². The summed E-state index contributed by atoms with van der Waals surface area (Å²) in [7, 11) is 0. The molecule has 2 unspecified atom stereocenters. The maximum atomic E-state index is 12.2. The fourth-order valence-electron chi connectivity index (χ4n) is 2.75. The summed E-state index contributed by atoms with van der Waals surface area (Å²) in [6, 6.07) is 10.9. The molecule has 1 aliphatic rings. The van der Waals surface area contributed by atoms with Crippen molar-refractivity contribution in [1.29, 1.82) is 0 Å². The summed E-state index contributed by atoms with van der Waals surface area (Å²) in [5.41, 5.74) is 1.35. The fourth-order valence-corrected chi connectivity index (χ4v) is 2.75. The van der Waals surface area contributed by atoms with Crippen LogP contribution in [-0.2, 0) is 11.2 Å². The highest BCUT2D eigenvalue weighted by Crippen LogP contribution is 2.18. The maximum Gasteiger partial charge on any atom is 0.240 e. The predicted molar refractivity (Wildman–Crippen MR) is 78.0 cm³/mol. The van der Waals surface area contributed by atoms with E-state index in [2.05, 4.69) is 43.4 Å². The molecule has 0 saturated carbocycles. The molecule has 104 valence electrons. The Morgan fingerprint density at radius 3 is 2.79 bits per heavy atom. The van der Waals surface area contributed by atoms with Gasteiger partial charge in [0.1, 0.15) is 0 Å². The Balaban J connectivity index is 1.84. The number of hydrogen-bond acceptors (Lipinski definition) is 2. The summed E-state index contributed by atoms with van der Waals surface area (Å²) in [6.07, 6.45) is 3.02. The van der Waals surface area contributed by atoms with E-state index in [0.717, 1.165) is 32.4 Å². The van der Waals surface area contributed by atoms with Crippen LogP contribution in [0.15, 0.2) is 30.3 Å². The van der Waals surface area contributed by atoms with Crippen molar-refractivity contribution in [2.45, 2.75) is 45.2 Å². The van der Waals surface area contributed by atoms with E-state index >= 15 is 0 Å². The van der Waals surface area contributed by atoms with Crippen LogP contribution in [0.3, 0.4) is 0 Å². The van der Waals surface area contributed by atoms with Crippen molar-refractivity contribution in [3.05, 3.63) is 35.9 Å². The molecule has 1 aliphatic heterocycles. The van der Waals surface area contributed by atoms with Gasteiger partial charge in [0, 0.05) is 12.6 Å². The molecule has 0 aliphatic carbocycles. The van der Waals surface area contributed by atoms with Crippen LogP contribution in [0.4, 0.5) is 0 Å². The standard InChI is InChI=1S/C16H24N2O/c1-3-17-15-11-12-18(16(15)19)13(2)9-10-14-7-5-4-6-8-14/h4-8,13,15,17H,3,9-12H2,1-2H3. The number of amides is 1. The van der Waals surface area contributed by atoms with E-state index < -0.39 is 0 Å². The Morgan fingerprint density at radius 2 is 2.11 bits per heavy atom. The number of aryl methyl sites for hydroxylation is 1. The summed E-state index contributed by atoms with van der Waals surface area (Å²) in [6.45, 7) is 5.97. The number of rotatable bonds is 6. The Morgan fingerprint density at radius 1 is 1.37 bits per heavy atom. The number of hydrogen-bond donors (Lipinski definition) is 1. The zero-order chi connectivity index (χ0) is 13.7. The van der Waals surface area contributed by atoms with Gasteiger partial charge in [-0.1, -0.05) is 37.3 Å². The van der Waals surface area contributed by atoms with Gasteiger partial charge in [-0.3, -0.25) is 4.79 Å². The second-order valence-electron chi connectivity index (χ2n) is 5.30. The molecule has 1 heterocycles. The minimum Gasteiger partial charge on any atom is -0.339 e. The molecule has 1 N–H and O–H groups in total. The Kier molecular flexibility index (Phi) is 4.97. The quantitative estimate of drug-likeness (QED) is 0.850. The van der Waals surface area contributed by atoms with Crippen molar-refractivity contribution in [2.24, 2.45) is 0 Å². The summed E-state index contributed by atoms with van der Waals surface area (Å²) >= 11 is 0. The van der Waals surface area contributed by atoms with Gasteiger partial charge in [-0.25, -0.2) is 0 Å². The van der Waals surface area contributed by atoms with E-state index in [1.165, 1.54) is 5.56 Å². The molecule has 0 spiro atoms. The van der Waals surface area contributed by atoms with Crippen molar-refractivity contribution in [2.75, 3.05) is 13.1 Å². The van der Waals surface area contributed by atoms with Crippen molar-refractivity contribution in [3.63, 3.8) is 0 Å². The second kappa shape index (κ2) is 6.71. The van der Waals surface area contributed by atoms with E-state index in [0.29, 0.717) is 6.04 Å². The van der Waals surface area contributed by atoms with Crippen molar-refractivity contribution >= 4 is 5.91 Å². The van der Waals surface area contributed by atoms with E-state index in [1.54, 1.807) is 0 Å². The molecule has 0 radical (unpaired) electrons. The maximum absolute atomic E-state index is 12.2. The van der Waals surface area contributed by atoms with E-state index in [-0.39, 0.29) is 11.9 Å². The van der Waals surface area contributed by atoms with Gasteiger partial charge in [-0.2, -0.15) is 0 Å². The average Bonchev–Trinajstić information content (AvgIpc) is 2.79. The average molecular weight is 260 g/mol. The molecule has 1 saturated heterocycles. The molecule has 2 atom stereocenters. The van der Waals surface area contributed by atoms with Crippen LogP contribution in [0.2, 0.25) is 0 Å². The topological polar surface area (TPSA) is 32.3 Å². The number of benzene rings is 1. The first-order valence-electron chi connectivity index (χ1n) is 7.30. The lowest BCUT2D eigenvalue weighted by atomic mass is 10.1. The van der Waals surface area contributed by atoms with Gasteiger partial charge < -0.3 is 10.2 Å². The third kappa shape index (κ3) is 3.57. The van der Waals surface area contributed by atoms with Gasteiger partial charge in [0.25, 0.3) is 0 Å². The third-order valence-electron chi connectivity index (χ3n) is 3.92. The molecule has 1 fully saturated rings. The van der Waals surface area contributed by atoms with Crippen LogP contribution in [0, 0.1) is 0 Å². The smallest absolute Gasteiger partial charge is 0.240 e. The molecule has 19 heavy (non-hydrogen) atoms. The molecular formula is C16H24N2O. The Bertz CT molecular complexity index is 404. The summed E-state index contributed by atoms with van der Waals surface area (Å²) < 4.78 is 0. The van der Waals surface area contributed by atoms with Gasteiger partial charge in [-0.05, 0) is 38.3 Å². The number of likely N-dealkylation sites (N-methyl/N-ethyl adjacent to an activating group) is 1. The molecule has 1 aromatic carbocycles. The zero-order valence-electron chi connectivity index (χ0n) is 11.9. The van der Waals surface area contributed by atoms with Crippen molar-refractivity contribution < 1.29 is 4.79 Å². The largest absolute Gasteiger partial charge is 0.339 e. The first-order chi connectivity index (χ1) is 9.22. The van der Waals surface area contributed by atoms with Gasteiger partial charge in [0.2, 0.25) is 5.91 Å². The van der Waals surface area contributed by atoms with E-state index in [4.69, 9.17) is 0 Å². The lowest BCUT2D eigenvalue weighted by molar-refractivity contribution is -0.131. The lowest BCUT2D eigenvalue weighted by Crippen LogP contribution is -2.41. The van der Waals surface area contributed by atoms with Crippen LogP contribution >= 0.6 is 0 Å². The first-order valence-corrected chi connectivity index (χ1v) is 7.30. The van der Waals surface area contributed by atoms with Crippen LogP contribution < -0.4 is 5.32 Å². The van der Waals surface area contributed by atoms with E-state index in [9.17, 15) is 4.79 Å². The highest BCUT2D eigenvalue weighted by molar-refractivity contribution is 5.84. The molecule has 3 heteroatoms. The second-order valence-corrected chi connectivity index (χ2v) is 5.30. The highest BCUT2D eigenvalue weighted by atomic mass is 16.2. The van der Waals surface area contributed by atoms with Gasteiger partial charge in [-0.15, -0.1) is 0 Å².